The van der Waals surface area contributed by atoms with Crippen LogP contribution < -0.4 is 4.90 Å². The van der Waals surface area contributed by atoms with Crippen LogP contribution in [0.5, 0.6) is 0 Å². The number of fused-ring (bicyclic) bond motifs is 1. The topological polar surface area (TPSA) is 35.8 Å². The fourth-order valence-corrected chi connectivity index (χ4v) is 3.25. The van der Waals surface area contributed by atoms with Crippen LogP contribution >= 0.6 is 0 Å². The molecule has 3 nitrogen and oxygen atoms in total. The summed E-state index contributed by atoms with van der Waals surface area (Å²) in [5.41, 5.74) is 7.41. The molecule has 0 aliphatic carbocycles. The van der Waals surface area contributed by atoms with Crippen LogP contribution in [0.4, 0.5) is 5.69 Å². The zero-order valence-electron chi connectivity index (χ0n) is 13.9. The third-order valence-corrected chi connectivity index (χ3v) is 4.64. The fourth-order valence-electron chi connectivity index (χ4n) is 3.25. The Bertz CT molecular complexity index is 721. The van der Waals surface area contributed by atoms with Crippen molar-refractivity contribution >= 4 is 11.4 Å². The maximum atomic E-state index is 8.76. The van der Waals surface area contributed by atoms with Crippen molar-refractivity contribution in [3.05, 3.63) is 53.6 Å². The highest BCUT2D eigenvalue weighted by molar-refractivity contribution is 5.81. The van der Waals surface area contributed by atoms with Gasteiger partial charge >= 0.3 is 0 Å². The van der Waals surface area contributed by atoms with Crippen molar-refractivity contribution in [1.82, 2.24) is 0 Å². The molecule has 1 aliphatic rings. The Morgan fingerprint density at radius 3 is 2.83 bits per heavy atom. The summed E-state index contributed by atoms with van der Waals surface area (Å²) >= 11 is 0. The minimum Gasteiger partial charge on any atom is -0.411 e. The summed E-state index contributed by atoms with van der Waals surface area (Å²) in [6.45, 7) is 3.00. The van der Waals surface area contributed by atoms with E-state index in [-0.39, 0.29) is 0 Å². The molecule has 0 saturated carbocycles. The van der Waals surface area contributed by atoms with Crippen molar-refractivity contribution < 1.29 is 5.21 Å². The standard InChI is InChI=1S/C20H24N2O/c1-15(21-23)8-9-16-5-3-6-17(13-16)18-10-11-20-19(14-18)7-4-12-22(20)2/h3,5-6,10-11,13-14,23H,4,7-9,12H2,1-2H3/b21-15+. The van der Waals surface area contributed by atoms with Crippen molar-refractivity contribution in [3.63, 3.8) is 0 Å². The SMILES string of the molecule is C/C(CCc1cccc(-c2ccc3c(c2)CCCN3C)c1)=N\O. The monoisotopic (exact) mass is 308 g/mol. The van der Waals surface area contributed by atoms with E-state index in [1.54, 1.807) is 0 Å². The lowest BCUT2D eigenvalue weighted by atomic mass is 9.95. The molecule has 0 bridgehead atoms. The first-order valence-electron chi connectivity index (χ1n) is 8.28. The van der Waals surface area contributed by atoms with Gasteiger partial charge in [0.1, 0.15) is 0 Å². The van der Waals surface area contributed by atoms with E-state index in [0.717, 1.165) is 25.1 Å². The number of nitrogens with zero attached hydrogens (tertiary/aromatic N) is 2. The van der Waals surface area contributed by atoms with E-state index in [1.165, 1.54) is 40.8 Å². The van der Waals surface area contributed by atoms with Gasteiger partial charge in [0.05, 0.1) is 5.71 Å². The Morgan fingerprint density at radius 1 is 1.17 bits per heavy atom. The fraction of sp³-hybridized carbons (Fsp3) is 0.350. The van der Waals surface area contributed by atoms with Crippen molar-refractivity contribution in [3.8, 4) is 11.1 Å². The summed E-state index contributed by atoms with van der Waals surface area (Å²) < 4.78 is 0. The molecule has 0 unspecified atom stereocenters. The molecular weight excluding hydrogens is 284 g/mol. The number of anilines is 1. The van der Waals surface area contributed by atoms with Gasteiger partial charge in [-0.2, -0.15) is 0 Å². The first-order valence-corrected chi connectivity index (χ1v) is 8.28. The molecule has 0 amide bonds. The van der Waals surface area contributed by atoms with Gasteiger partial charge in [0.25, 0.3) is 0 Å². The Labute approximate surface area is 138 Å². The van der Waals surface area contributed by atoms with Gasteiger partial charge in [-0.05, 0) is 67.0 Å². The Hall–Kier alpha value is -2.29. The molecule has 2 aromatic rings. The van der Waals surface area contributed by atoms with Gasteiger partial charge in [-0.1, -0.05) is 35.5 Å². The molecule has 0 saturated heterocycles. The van der Waals surface area contributed by atoms with Gasteiger partial charge in [0.2, 0.25) is 0 Å². The Morgan fingerprint density at radius 2 is 2.00 bits per heavy atom. The second-order valence-electron chi connectivity index (χ2n) is 6.40. The third-order valence-electron chi connectivity index (χ3n) is 4.64. The molecule has 0 fully saturated rings. The van der Waals surface area contributed by atoms with Crippen LogP contribution in [0.2, 0.25) is 0 Å². The maximum Gasteiger partial charge on any atom is 0.0543 e. The average Bonchev–Trinajstić information content (AvgIpc) is 2.60. The zero-order valence-corrected chi connectivity index (χ0v) is 13.9. The molecule has 0 radical (unpaired) electrons. The molecule has 0 spiro atoms. The molecule has 1 N–H and O–H groups in total. The molecule has 0 aromatic heterocycles. The lowest BCUT2D eigenvalue weighted by Gasteiger charge is -2.27. The van der Waals surface area contributed by atoms with Crippen molar-refractivity contribution in [2.24, 2.45) is 5.16 Å². The second-order valence-corrected chi connectivity index (χ2v) is 6.40. The number of rotatable bonds is 4. The molecule has 3 heteroatoms. The van der Waals surface area contributed by atoms with Crippen LogP contribution in [0.1, 0.15) is 30.9 Å². The van der Waals surface area contributed by atoms with E-state index in [9.17, 15) is 0 Å². The van der Waals surface area contributed by atoms with Crippen LogP contribution in [0, 0.1) is 0 Å². The van der Waals surface area contributed by atoms with Gasteiger partial charge < -0.3 is 10.1 Å². The smallest absolute Gasteiger partial charge is 0.0543 e. The van der Waals surface area contributed by atoms with Crippen molar-refractivity contribution in [1.29, 1.82) is 0 Å². The van der Waals surface area contributed by atoms with Gasteiger partial charge in [-0.15, -0.1) is 0 Å². The molecule has 120 valence electrons. The summed E-state index contributed by atoms with van der Waals surface area (Å²) in [4.78, 5) is 2.34. The summed E-state index contributed by atoms with van der Waals surface area (Å²) in [6.07, 6.45) is 4.08. The minimum absolute atomic E-state index is 0.771. The molecule has 0 atom stereocenters. The van der Waals surface area contributed by atoms with Crippen LogP contribution in [0.15, 0.2) is 47.6 Å². The highest BCUT2D eigenvalue weighted by Crippen LogP contribution is 2.31. The summed E-state index contributed by atoms with van der Waals surface area (Å²) in [5, 5.41) is 12.0. The largest absolute Gasteiger partial charge is 0.411 e. The Balaban J connectivity index is 1.84. The van der Waals surface area contributed by atoms with E-state index in [1.807, 2.05) is 6.92 Å². The molecule has 3 rings (SSSR count). The van der Waals surface area contributed by atoms with E-state index in [2.05, 4.69) is 59.6 Å². The van der Waals surface area contributed by atoms with Crippen LogP contribution in [0.3, 0.4) is 0 Å². The van der Waals surface area contributed by atoms with E-state index < -0.39 is 0 Å². The van der Waals surface area contributed by atoms with Crippen LogP contribution in [0.25, 0.3) is 11.1 Å². The minimum atomic E-state index is 0.771. The van der Waals surface area contributed by atoms with Gasteiger partial charge in [-0.25, -0.2) is 0 Å². The highest BCUT2D eigenvalue weighted by Gasteiger charge is 2.14. The summed E-state index contributed by atoms with van der Waals surface area (Å²) in [7, 11) is 2.17. The number of hydrogen-bond donors (Lipinski definition) is 1. The summed E-state index contributed by atoms with van der Waals surface area (Å²) in [5.74, 6) is 0. The van der Waals surface area contributed by atoms with Crippen LogP contribution in [-0.4, -0.2) is 24.5 Å². The van der Waals surface area contributed by atoms with Crippen LogP contribution in [-0.2, 0) is 12.8 Å². The predicted octanol–water partition coefficient (Wildman–Crippen LogP) is 4.52. The second kappa shape index (κ2) is 6.86. The van der Waals surface area contributed by atoms with Gasteiger partial charge in [-0.3, -0.25) is 0 Å². The molecule has 2 aromatic carbocycles. The van der Waals surface area contributed by atoms with E-state index in [0.29, 0.717) is 0 Å². The zero-order chi connectivity index (χ0) is 16.2. The van der Waals surface area contributed by atoms with Gasteiger partial charge in [0.15, 0.2) is 0 Å². The Kier molecular flexibility index (Phi) is 4.65. The number of aryl methyl sites for hydroxylation is 2. The van der Waals surface area contributed by atoms with E-state index in [4.69, 9.17) is 5.21 Å². The predicted molar refractivity (Wildman–Crippen MR) is 96.7 cm³/mol. The van der Waals surface area contributed by atoms with Gasteiger partial charge in [0, 0.05) is 19.3 Å². The normalized spacial score (nSPS) is 14.7. The van der Waals surface area contributed by atoms with Crippen molar-refractivity contribution in [2.45, 2.75) is 32.6 Å². The molecule has 1 aliphatic heterocycles. The average molecular weight is 308 g/mol. The molecular formula is C20H24N2O. The highest BCUT2D eigenvalue weighted by atomic mass is 16.4. The maximum absolute atomic E-state index is 8.76. The number of benzene rings is 2. The number of hydrogen-bond acceptors (Lipinski definition) is 3. The first-order chi connectivity index (χ1) is 11.2. The lowest BCUT2D eigenvalue weighted by molar-refractivity contribution is 0.317. The number of oxime groups is 1. The summed E-state index contributed by atoms with van der Waals surface area (Å²) in [6, 6.07) is 15.5. The molecule has 23 heavy (non-hydrogen) atoms. The lowest BCUT2D eigenvalue weighted by Crippen LogP contribution is -2.24. The van der Waals surface area contributed by atoms with Crippen molar-refractivity contribution in [2.75, 3.05) is 18.5 Å². The van der Waals surface area contributed by atoms with E-state index >= 15 is 0 Å². The first kappa shape index (κ1) is 15.6. The third kappa shape index (κ3) is 3.55. The quantitative estimate of drug-likeness (QED) is 0.512. The molecule has 1 heterocycles.